The van der Waals surface area contributed by atoms with Crippen molar-refractivity contribution in [1.29, 1.82) is 0 Å². The Morgan fingerprint density at radius 2 is 2.20 bits per heavy atom. The SMILES string of the molecule is CNC1c2cc(OC)ccc2CCC1S(=O)CCOC. The highest BCUT2D eigenvalue weighted by molar-refractivity contribution is 7.85. The van der Waals surface area contributed by atoms with Gasteiger partial charge < -0.3 is 14.8 Å². The Morgan fingerprint density at radius 3 is 2.85 bits per heavy atom. The van der Waals surface area contributed by atoms with E-state index >= 15 is 0 Å². The van der Waals surface area contributed by atoms with Crippen molar-refractivity contribution in [3.05, 3.63) is 29.3 Å². The first kappa shape index (κ1) is 15.5. The molecule has 1 aromatic carbocycles. The van der Waals surface area contributed by atoms with Gasteiger partial charge in [-0.3, -0.25) is 4.21 Å². The molecular weight excluding hydrogens is 274 g/mol. The molecule has 0 fully saturated rings. The summed E-state index contributed by atoms with van der Waals surface area (Å²) < 4.78 is 22.8. The van der Waals surface area contributed by atoms with E-state index in [1.54, 1.807) is 14.2 Å². The molecule has 1 aromatic rings. The summed E-state index contributed by atoms with van der Waals surface area (Å²) in [4.78, 5) is 0. The molecule has 2 rings (SSSR count). The topological polar surface area (TPSA) is 47.6 Å². The largest absolute Gasteiger partial charge is 0.497 e. The van der Waals surface area contributed by atoms with Crippen molar-refractivity contribution >= 4 is 10.8 Å². The molecular formula is C15H23NO3S. The highest BCUT2D eigenvalue weighted by Gasteiger charge is 2.32. The van der Waals surface area contributed by atoms with Gasteiger partial charge >= 0.3 is 0 Å². The molecule has 1 aliphatic carbocycles. The van der Waals surface area contributed by atoms with Crippen LogP contribution in [0.1, 0.15) is 23.6 Å². The minimum Gasteiger partial charge on any atom is -0.497 e. The van der Waals surface area contributed by atoms with Crippen LogP contribution in [0.4, 0.5) is 0 Å². The van der Waals surface area contributed by atoms with Crippen LogP contribution in [0, 0.1) is 0 Å². The van der Waals surface area contributed by atoms with Gasteiger partial charge in [0.05, 0.1) is 19.0 Å². The fourth-order valence-electron chi connectivity index (χ4n) is 2.82. The Kier molecular flexibility index (Phi) is 5.57. The molecule has 3 atom stereocenters. The normalized spacial score (nSPS) is 23.1. The lowest BCUT2D eigenvalue weighted by Gasteiger charge is -2.33. The maximum absolute atomic E-state index is 12.5. The molecule has 4 nitrogen and oxygen atoms in total. The second-order valence-electron chi connectivity index (χ2n) is 4.99. The second-order valence-corrected chi connectivity index (χ2v) is 6.76. The Bertz CT molecular complexity index is 478. The van der Waals surface area contributed by atoms with E-state index in [0.717, 1.165) is 18.6 Å². The molecule has 0 aromatic heterocycles. The summed E-state index contributed by atoms with van der Waals surface area (Å²) in [5.41, 5.74) is 2.54. The zero-order valence-electron chi connectivity index (χ0n) is 12.3. The number of aryl methyl sites for hydroxylation is 1. The molecule has 1 aliphatic rings. The number of rotatable bonds is 6. The highest BCUT2D eigenvalue weighted by atomic mass is 32.2. The molecule has 0 saturated heterocycles. The second kappa shape index (κ2) is 7.20. The van der Waals surface area contributed by atoms with Crippen molar-refractivity contribution in [1.82, 2.24) is 5.32 Å². The molecule has 0 aliphatic heterocycles. The monoisotopic (exact) mass is 297 g/mol. The summed E-state index contributed by atoms with van der Waals surface area (Å²) in [7, 11) is 4.37. The van der Waals surface area contributed by atoms with Gasteiger partial charge in [-0.2, -0.15) is 0 Å². The Hall–Kier alpha value is -0.910. The fourth-order valence-corrected chi connectivity index (χ4v) is 4.42. The molecule has 0 radical (unpaired) electrons. The number of hydrogen-bond donors (Lipinski definition) is 1. The number of methoxy groups -OCH3 is 2. The van der Waals surface area contributed by atoms with Gasteiger partial charge in [-0.1, -0.05) is 6.07 Å². The number of nitrogens with one attached hydrogen (secondary N) is 1. The molecule has 0 amide bonds. The molecule has 0 heterocycles. The van der Waals surface area contributed by atoms with E-state index in [-0.39, 0.29) is 11.3 Å². The molecule has 5 heteroatoms. The van der Waals surface area contributed by atoms with E-state index in [4.69, 9.17) is 9.47 Å². The van der Waals surface area contributed by atoms with Crippen LogP contribution in [0.3, 0.4) is 0 Å². The van der Waals surface area contributed by atoms with Gasteiger partial charge in [-0.25, -0.2) is 0 Å². The van der Waals surface area contributed by atoms with E-state index in [2.05, 4.69) is 17.4 Å². The summed E-state index contributed by atoms with van der Waals surface area (Å²) in [6.07, 6.45) is 1.92. The standard InChI is InChI=1S/C15H23NO3S/c1-16-15-13-10-12(19-3)6-4-11(13)5-7-14(15)20(17)9-8-18-2/h4,6,10,14-16H,5,7-9H2,1-3H3. The summed E-state index contributed by atoms with van der Waals surface area (Å²) in [6.45, 7) is 0.546. The molecule has 112 valence electrons. The summed E-state index contributed by atoms with van der Waals surface area (Å²) >= 11 is 0. The first-order valence-electron chi connectivity index (χ1n) is 6.91. The molecule has 3 unspecified atom stereocenters. The summed E-state index contributed by atoms with van der Waals surface area (Å²) in [6, 6.07) is 6.29. The number of ether oxygens (including phenoxy) is 2. The zero-order chi connectivity index (χ0) is 14.5. The van der Waals surface area contributed by atoms with Crippen LogP contribution in [-0.2, 0) is 22.0 Å². The maximum atomic E-state index is 12.5. The lowest BCUT2D eigenvalue weighted by Crippen LogP contribution is -2.38. The van der Waals surface area contributed by atoms with Crippen LogP contribution >= 0.6 is 0 Å². The van der Waals surface area contributed by atoms with Gasteiger partial charge in [-0.15, -0.1) is 0 Å². The van der Waals surface area contributed by atoms with Crippen LogP contribution in [0.5, 0.6) is 5.75 Å². The zero-order valence-corrected chi connectivity index (χ0v) is 13.2. The van der Waals surface area contributed by atoms with Gasteiger partial charge in [0, 0.05) is 29.7 Å². The maximum Gasteiger partial charge on any atom is 0.119 e. The van der Waals surface area contributed by atoms with Crippen LogP contribution < -0.4 is 10.1 Å². The van der Waals surface area contributed by atoms with Crippen molar-refractivity contribution in [2.75, 3.05) is 33.6 Å². The molecule has 0 saturated carbocycles. The van der Waals surface area contributed by atoms with E-state index in [9.17, 15) is 4.21 Å². The van der Waals surface area contributed by atoms with Crippen LogP contribution in [-0.4, -0.2) is 43.1 Å². The lowest BCUT2D eigenvalue weighted by molar-refractivity contribution is 0.217. The van der Waals surface area contributed by atoms with Crippen LogP contribution in [0.25, 0.3) is 0 Å². The van der Waals surface area contributed by atoms with Crippen molar-refractivity contribution in [2.45, 2.75) is 24.1 Å². The Balaban J connectivity index is 2.24. The van der Waals surface area contributed by atoms with Crippen molar-refractivity contribution in [3.8, 4) is 5.75 Å². The Morgan fingerprint density at radius 1 is 1.40 bits per heavy atom. The number of fused-ring (bicyclic) bond motifs is 1. The summed E-state index contributed by atoms with van der Waals surface area (Å²) in [5, 5.41) is 3.46. The molecule has 20 heavy (non-hydrogen) atoms. The van der Waals surface area contributed by atoms with Gasteiger partial charge in [0.15, 0.2) is 0 Å². The van der Waals surface area contributed by atoms with Crippen LogP contribution in [0.15, 0.2) is 18.2 Å². The van der Waals surface area contributed by atoms with E-state index in [1.165, 1.54) is 11.1 Å². The van der Waals surface area contributed by atoms with Crippen molar-refractivity contribution in [2.24, 2.45) is 0 Å². The fraction of sp³-hybridized carbons (Fsp3) is 0.600. The first-order valence-corrected chi connectivity index (χ1v) is 8.29. The Labute approximate surface area is 123 Å². The predicted octanol–water partition coefficient (Wildman–Crippen LogP) is 1.67. The average molecular weight is 297 g/mol. The minimum absolute atomic E-state index is 0.117. The third kappa shape index (κ3) is 3.22. The molecule has 0 spiro atoms. The minimum atomic E-state index is -0.880. The smallest absolute Gasteiger partial charge is 0.119 e. The van der Waals surface area contributed by atoms with E-state index in [1.807, 2.05) is 13.1 Å². The third-order valence-corrected chi connectivity index (χ3v) is 5.65. The van der Waals surface area contributed by atoms with Crippen molar-refractivity contribution < 1.29 is 13.7 Å². The highest BCUT2D eigenvalue weighted by Crippen LogP contribution is 2.35. The van der Waals surface area contributed by atoms with Gasteiger partial charge in [0.25, 0.3) is 0 Å². The quantitative estimate of drug-likeness (QED) is 0.867. The van der Waals surface area contributed by atoms with Gasteiger partial charge in [0.1, 0.15) is 5.75 Å². The van der Waals surface area contributed by atoms with Gasteiger partial charge in [0.2, 0.25) is 0 Å². The first-order chi connectivity index (χ1) is 9.71. The number of hydrogen-bond acceptors (Lipinski definition) is 4. The molecule has 1 N–H and O–H groups in total. The van der Waals surface area contributed by atoms with Gasteiger partial charge in [-0.05, 0) is 43.1 Å². The van der Waals surface area contributed by atoms with Crippen molar-refractivity contribution in [3.63, 3.8) is 0 Å². The number of benzene rings is 1. The van der Waals surface area contributed by atoms with E-state index in [0.29, 0.717) is 12.4 Å². The van der Waals surface area contributed by atoms with Crippen LogP contribution in [0.2, 0.25) is 0 Å². The molecule has 0 bridgehead atoms. The predicted molar refractivity (Wildman–Crippen MR) is 81.8 cm³/mol. The summed E-state index contributed by atoms with van der Waals surface area (Å²) in [5.74, 6) is 1.45. The lowest BCUT2D eigenvalue weighted by atomic mass is 9.87. The average Bonchev–Trinajstić information content (AvgIpc) is 2.50. The van der Waals surface area contributed by atoms with E-state index < -0.39 is 10.8 Å². The third-order valence-electron chi connectivity index (χ3n) is 3.90.